The van der Waals surface area contributed by atoms with Gasteiger partial charge in [-0.2, -0.15) is 0 Å². The summed E-state index contributed by atoms with van der Waals surface area (Å²) in [6.07, 6.45) is 2.15. The number of urea groups is 1. The Morgan fingerprint density at radius 2 is 1.94 bits per heavy atom. The van der Waals surface area contributed by atoms with Gasteiger partial charge in [-0.05, 0) is 25.0 Å². The maximum absolute atomic E-state index is 12.3. The molecule has 3 heterocycles. The highest BCUT2D eigenvalue weighted by atomic mass is 32.2. The summed E-state index contributed by atoms with van der Waals surface area (Å²) in [5.41, 5.74) is 0.618. The second kappa shape index (κ2) is 10.6. The zero-order valence-electron chi connectivity index (χ0n) is 17.2. The Labute approximate surface area is 184 Å². The summed E-state index contributed by atoms with van der Waals surface area (Å²) in [5.74, 6) is 0.413. The molecule has 10 nitrogen and oxygen atoms in total. The lowest BCUT2D eigenvalue weighted by molar-refractivity contribution is -0.117. The van der Waals surface area contributed by atoms with Crippen molar-refractivity contribution in [3.8, 4) is 0 Å². The summed E-state index contributed by atoms with van der Waals surface area (Å²) in [6.45, 7) is 4.19. The smallest absolute Gasteiger partial charge is 0.325 e. The van der Waals surface area contributed by atoms with Gasteiger partial charge in [0.1, 0.15) is 0 Å². The third kappa shape index (κ3) is 5.96. The van der Waals surface area contributed by atoms with E-state index in [1.165, 1.54) is 11.8 Å². The quantitative estimate of drug-likeness (QED) is 0.619. The molecular weight excluding hydrogens is 420 g/mol. The molecule has 3 amide bonds. The average molecular weight is 447 g/mol. The van der Waals surface area contributed by atoms with E-state index < -0.39 is 11.9 Å². The first kappa shape index (κ1) is 21.6. The highest BCUT2D eigenvalue weighted by molar-refractivity contribution is 7.99. The standard InChI is InChI=1S/C20H26N6O4S/c27-17(22-18(28)21-15-5-2-1-3-6-15)14-31-20-24-23-19(25-8-11-29-12-9-25)26(20)13-16-7-4-10-30-16/h1-3,5-6,16H,4,7-14H2,(H2,21,22,27,28). The molecule has 0 radical (unpaired) electrons. The number of nitrogens with zero attached hydrogens (tertiary/aromatic N) is 4. The Hall–Kier alpha value is -2.63. The number of nitrogens with one attached hydrogen (secondary N) is 2. The number of thioether (sulfide) groups is 1. The molecule has 4 rings (SSSR count). The van der Waals surface area contributed by atoms with Crippen LogP contribution in [0.5, 0.6) is 0 Å². The number of amides is 3. The van der Waals surface area contributed by atoms with Crippen molar-refractivity contribution in [2.45, 2.75) is 30.6 Å². The van der Waals surface area contributed by atoms with Crippen LogP contribution < -0.4 is 15.5 Å². The van der Waals surface area contributed by atoms with Crippen LogP contribution >= 0.6 is 11.8 Å². The molecule has 1 atom stereocenters. The maximum atomic E-state index is 12.3. The van der Waals surface area contributed by atoms with Crippen molar-refractivity contribution in [1.29, 1.82) is 0 Å². The van der Waals surface area contributed by atoms with Crippen LogP contribution in [-0.4, -0.2) is 71.5 Å². The van der Waals surface area contributed by atoms with Crippen LogP contribution in [0, 0.1) is 0 Å². The summed E-state index contributed by atoms with van der Waals surface area (Å²) in [7, 11) is 0. The molecule has 1 unspecified atom stereocenters. The second-order valence-electron chi connectivity index (χ2n) is 7.28. The van der Waals surface area contributed by atoms with Gasteiger partial charge in [0.25, 0.3) is 0 Å². The van der Waals surface area contributed by atoms with Crippen LogP contribution in [0.4, 0.5) is 16.4 Å². The van der Waals surface area contributed by atoms with Crippen molar-refractivity contribution in [1.82, 2.24) is 20.1 Å². The number of imide groups is 1. The molecule has 2 aromatic rings. The number of morpholine rings is 1. The molecule has 2 saturated heterocycles. The molecule has 31 heavy (non-hydrogen) atoms. The van der Waals surface area contributed by atoms with E-state index >= 15 is 0 Å². The molecule has 166 valence electrons. The van der Waals surface area contributed by atoms with E-state index in [4.69, 9.17) is 9.47 Å². The number of hydrogen-bond acceptors (Lipinski definition) is 8. The highest BCUT2D eigenvalue weighted by Crippen LogP contribution is 2.25. The van der Waals surface area contributed by atoms with Gasteiger partial charge < -0.3 is 19.7 Å². The van der Waals surface area contributed by atoms with Crippen molar-refractivity contribution < 1.29 is 19.1 Å². The van der Waals surface area contributed by atoms with Gasteiger partial charge >= 0.3 is 6.03 Å². The number of benzene rings is 1. The topological polar surface area (TPSA) is 111 Å². The summed E-state index contributed by atoms with van der Waals surface area (Å²) in [5, 5.41) is 14.3. The Balaban J connectivity index is 1.36. The predicted molar refractivity (Wildman–Crippen MR) is 116 cm³/mol. The number of hydrogen-bond donors (Lipinski definition) is 2. The van der Waals surface area contributed by atoms with Crippen LogP contribution in [0.1, 0.15) is 12.8 Å². The normalized spacial score (nSPS) is 18.7. The van der Waals surface area contributed by atoms with Crippen LogP contribution in [0.25, 0.3) is 0 Å². The molecule has 1 aromatic heterocycles. The number of carbonyl (C=O) groups excluding carboxylic acids is 2. The van der Waals surface area contributed by atoms with Crippen LogP contribution in [0.3, 0.4) is 0 Å². The van der Waals surface area contributed by atoms with Gasteiger partial charge in [-0.1, -0.05) is 30.0 Å². The van der Waals surface area contributed by atoms with Crippen LogP contribution in [-0.2, 0) is 20.8 Å². The van der Waals surface area contributed by atoms with E-state index in [2.05, 4.69) is 25.7 Å². The minimum atomic E-state index is -0.563. The fourth-order valence-corrected chi connectivity index (χ4v) is 4.26. The molecule has 2 aliphatic heterocycles. The molecule has 1 aromatic carbocycles. The van der Waals surface area contributed by atoms with Gasteiger partial charge in [-0.15, -0.1) is 10.2 Å². The van der Waals surface area contributed by atoms with Crippen molar-refractivity contribution in [3.63, 3.8) is 0 Å². The number of aromatic nitrogens is 3. The summed E-state index contributed by atoms with van der Waals surface area (Å²) in [6, 6.07) is 8.40. The summed E-state index contributed by atoms with van der Waals surface area (Å²) in [4.78, 5) is 26.4. The van der Waals surface area contributed by atoms with E-state index in [-0.39, 0.29) is 11.9 Å². The fraction of sp³-hybridized carbons (Fsp3) is 0.500. The summed E-state index contributed by atoms with van der Waals surface area (Å²) < 4.78 is 13.3. The minimum absolute atomic E-state index is 0.0506. The second-order valence-corrected chi connectivity index (χ2v) is 8.23. The van der Waals surface area contributed by atoms with Crippen molar-refractivity contribution in [3.05, 3.63) is 30.3 Å². The number of carbonyl (C=O) groups is 2. The fourth-order valence-electron chi connectivity index (χ4n) is 3.51. The first-order valence-electron chi connectivity index (χ1n) is 10.4. The SMILES string of the molecule is O=C(CSc1nnc(N2CCOCC2)n1CC1CCCO1)NC(=O)Nc1ccccc1. The van der Waals surface area contributed by atoms with Crippen LogP contribution in [0.2, 0.25) is 0 Å². The van der Waals surface area contributed by atoms with Gasteiger partial charge in [-0.3, -0.25) is 14.7 Å². The molecular formula is C20H26N6O4S. The zero-order valence-corrected chi connectivity index (χ0v) is 18.0. The molecule has 2 aliphatic rings. The molecule has 0 aliphatic carbocycles. The summed E-state index contributed by atoms with van der Waals surface area (Å²) >= 11 is 1.26. The lowest BCUT2D eigenvalue weighted by Crippen LogP contribution is -2.38. The molecule has 2 N–H and O–H groups in total. The Kier molecular flexibility index (Phi) is 7.39. The Bertz CT molecular complexity index is 881. The first-order chi connectivity index (χ1) is 15.2. The molecule has 0 spiro atoms. The lowest BCUT2D eigenvalue weighted by Gasteiger charge is -2.28. The van der Waals surface area contributed by atoms with E-state index in [0.717, 1.165) is 38.5 Å². The lowest BCUT2D eigenvalue weighted by atomic mass is 10.2. The molecule has 0 bridgehead atoms. The van der Waals surface area contributed by atoms with Crippen molar-refractivity contribution in [2.24, 2.45) is 0 Å². The van der Waals surface area contributed by atoms with Gasteiger partial charge in [0.15, 0.2) is 5.16 Å². The van der Waals surface area contributed by atoms with E-state index in [0.29, 0.717) is 30.6 Å². The maximum Gasteiger partial charge on any atom is 0.325 e. The third-order valence-corrected chi connectivity index (χ3v) is 5.99. The van der Waals surface area contributed by atoms with Crippen molar-refractivity contribution in [2.75, 3.05) is 48.9 Å². The number of rotatable bonds is 7. The number of anilines is 2. The van der Waals surface area contributed by atoms with E-state index in [1.54, 1.807) is 24.3 Å². The highest BCUT2D eigenvalue weighted by Gasteiger charge is 2.25. The van der Waals surface area contributed by atoms with E-state index in [9.17, 15) is 9.59 Å². The number of ether oxygens (including phenoxy) is 2. The van der Waals surface area contributed by atoms with Gasteiger partial charge in [-0.25, -0.2) is 4.79 Å². The number of para-hydroxylation sites is 1. The zero-order chi connectivity index (χ0) is 21.5. The Morgan fingerprint density at radius 1 is 1.13 bits per heavy atom. The van der Waals surface area contributed by atoms with E-state index in [1.807, 2.05) is 10.6 Å². The molecule has 11 heteroatoms. The molecule has 0 saturated carbocycles. The first-order valence-corrected chi connectivity index (χ1v) is 11.3. The van der Waals surface area contributed by atoms with Gasteiger partial charge in [0, 0.05) is 25.4 Å². The largest absolute Gasteiger partial charge is 0.378 e. The Morgan fingerprint density at radius 3 is 2.68 bits per heavy atom. The predicted octanol–water partition coefficient (Wildman–Crippen LogP) is 1.73. The van der Waals surface area contributed by atoms with Gasteiger partial charge in [0.05, 0.1) is 31.6 Å². The van der Waals surface area contributed by atoms with Gasteiger partial charge in [0.2, 0.25) is 11.9 Å². The third-order valence-electron chi connectivity index (χ3n) is 5.02. The van der Waals surface area contributed by atoms with Crippen LogP contribution in [0.15, 0.2) is 35.5 Å². The molecule has 2 fully saturated rings. The van der Waals surface area contributed by atoms with Crippen molar-refractivity contribution >= 4 is 35.3 Å². The average Bonchev–Trinajstić information content (AvgIpc) is 3.44. The minimum Gasteiger partial charge on any atom is -0.378 e. The monoisotopic (exact) mass is 446 g/mol.